The summed E-state index contributed by atoms with van der Waals surface area (Å²) >= 11 is 6.57. The molecule has 5 nitrogen and oxygen atoms in total. The normalized spacial score (nSPS) is 11.8. The van der Waals surface area contributed by atoms with Crippen LogP contribution in [0.5, 0.6) is 0 Å². The number of benzene rings is 1. The predicted octanol–water partition coefficient (Wildman–Crippen LogP) is 3.15. The summed E-state index contributed by atoms with van der Waals surface area (Å²) in [5.41, 5.74) is 2.13. The Bertz CT molecular complexity index is 729. The number of sulfonamides is 1. The van der Waals surface area contributed by atoms with Crippen LogP contribution in [0.15, 0.2) is 38.2 Å². The van der Waals surface area contributed by atoms with E-state index in [2.05, 4.69) is 46.8 Å². The summed E-state index contributed by atoms with van der Waals surface area (Å²) < 4.78 is 28.4. The van der Waals surface area contributed by atoms with Crippen molar-refractivity contribution >= 4 is 41.9 Å². The van der Waals surface area contributed by atoms with Crippen LogP contribution in [-0.2, 0) is 16.4 Å². The van der Waals surface area contributed by atoms with Crippen molar-refractivity contribution in [1.82, 2.24) is 14.9 Å². The molecule has 8 heteroatoms. The molecular weight excluding hydrogens is 422 g/mol. The van der Waals surface area contributed by atoms with Crippen molar-refractivity contribution < 1.29 is 8.42 Å². The highest BCUT2D eigenvalue weighted by atomic mass is 79.9. The number of H-pyrrole nitrogens is 1. The smallest absolute Gasteiger partial charge is 0.241 e. The van der Waals surface area contributed by atoms with Crippen LogP contribution in [0.1, 0.15) is 17.7 Å². The predicted molar refractivity (Wildman–Crippen MR) is 88.7 cm³/mol. The van der Waals surface area contributed by atoms with E-state index in [0.717, 1.165) is 22.2 Å². The number of rotatable bonds is 6. The molecule has 0 spiro atoms. The molecule has 0 saturated carbocycles. The fourth-order valence-electron chi connectivity index (χ4n) is 1.88. The molecule has 1 heterocycles. The van der Waals surface area contributed by atoms with E-state index in [4.69, 9.17) is 0 Å². The van der Waals surface area contributed by atoms with Gasteiger partial charge in [0.1, 0.15) is 0 Å². The van der Waals surface area contributed by atoms with Gasteiger partial charge in [-0.25, -0.2) is 13.1 Å². The van der Waals surface area contributed by atoms with Crippen molar-refractivity contribution in [2.24, 2.45) is 0 Å². The minimum Gasteiger partial charge on any atom is -0.283 e. The molecule has 0 amide bonds. The Kier molecular flexibility index (Phi) is 5.59. The van der Waals surface area contributed by atoms with E-state index in [9.17, 15) is 8.42 Å². The van der Waals surface area contributed by atoms with E-state index in [-0.39, 0.29) is 4.90 Å². The molecule has 0 aliphatic heterocycles. The number of hydrogen-bond donors (Lipinski definition) is 2. The fraction of sp³-hybridized carbons (Fsp3) is 0.308. The third-order valence-electron chi connectivity index (χ3n) is 3.03. The lowest BCUT2D eigenvalue weighted by molar-refractivity contribution is 0.578. The van der Waals surface area contributed by atoms with Gasteiger partial charge < -0.3 is 0 Å². The van der Waals surface area contributed by atoms with E-state index in [1.807, 2.05) is 6.92 Å². The summed E-state index contributed by atoms with van der Waals surface area (Å²) in [6.45, 7) is 2.33. The number of nitrogens with zero attached hydrogens (tertiary/aromatic N) is 1. The molecule has 0 atom stereocenters. The molecule has 114 valence electrons. The second kappa shape index (κ2) is 7.04. The molecule has 1 aromatic carbocycles. The molecule has 2 N–H and O–H groups in total. The minimum atomic E-state index is -3.50. The van der Waals surface area contributed by atoms with Gasteiger partial charge in [-0.15, -0.1) is 0 Å². The molecule has 0 saturated heterocycles. The summed E-state index contributed by atoms with van der Waals surface area (Å²) in [4.78, 5) is 0.241. The molecule has 0 aliphatic carbocycles. The number of nitrogens with one attached hydrogen (secondary N) is 2. The van der Waals surface area contributed by atoms with Crippen LogP contribution in [0.3, 0.4) is 0 Å². The molecule has 21 heavy (non-hydrogen) atoms. The van der Waals surface area contributed by atoms with Crippen LogP contribution in [0, 0.1) is 6.92 Å². The maximum absolute atomic E-state index is 12.2. The maximum atomic E-state index is 12.2. The second-order valence-corrected chi connectivity index (χ2v) is 8.10. The Morgan fingerprint density at radius 2 is 2.10 bits per heavy atom. The van der Waals surface area contributed by atoms with Crippen molar-refractivity contribution in [3.05, 3.63) is 44.6 Å². The van der Waals surface area contributed by atoms with E-state index in [0.29, 0.717) is 17.4 Å². The van der Waals surface area contributed by atoms with Crippen molar-refractivity contribution in [3.8, 4) is 0 Å². The number of aromatic nitrogens is 2. The Morgan fingerprint density at radius 1 is 1.33 bits per heavy atom. The monoisotopic (exact) mass is 435 g/mol. The zero-order valence-corrected chi connectivity index (χ0v) is 15.3. The van der Waals surface area contributed by atoms with Crippen molar-refractivity contribution in [2.75, 3.05) is 6.54 Å². The fourth-order valence-corrected chi connectivity index (χ4v) is 4.70. The first-order valence-corrected chi connectivity index (χ1v) is 9.40. The summed E-state index contributed by atoms with van der Waals surface area (Å²) in [7, 11) is -3.50. The molecule has 0 unspecified atom stereocenters. The first-order chi connectivity index (χ1) is 9.90. The van der Waals surface area contributed by atoms with E-state index in [1.165, 1.54) is 0 Å². The standard InChI is InChI=1S/C13H15Br2N3O2S/c1-9-10(8-16-18-9)3-2-6-17-21(19,20)13-5-4-11(14)7-12(13)15/h4-5,7-8,17H,2-3,6H2,1H3,(H,16,18). The quantitative estimate of drug-likeness (QED) is 0.683. The molecular formula is C13H15Br2N3O2S. The zero-order valence-electron chi connectivity index (χ0n) is 11.4. The number of aromatic amines is 1. The molecule has 0 fully saturated rings. The van der Waals surface area contributed by atoms with Crippen LogP contribution in [0.4, 0.5) is 0 Å². The molecule has 2 rings (SSSR count). The van der Waals surface area contributed by atoms with Gasteiger partial charge in [0, 0.05) is 21.2 Å². The van der Waals surface area contributed by atoms with E-state index in [1.54, 1.807) is 24.4 Å². The van der Waals surface area contributed by atoms with Crippen LogP contribution in [0.25, 0.3) is 0 Å². The highest BCUT2D eigenvalue weighted by molar-refractivity contribution is 9.11. The zero-order chi connectivity index (χ0) is 15.5. The maximum Gasteiger partial charge on any atom is 0.241 e. The van der Waals surface area contributed by atoms with Crippen molar-refractivity contribution in [2.45, 2.75) is 24.7 Å². The first-order valence-electron chi connectivity index (χ1n) is 6.34. The van der Waals surface area contributed by atoms with E-state index < -0.39 is 10.0 Å². The Morgan fingerprint density at radius 3 is 2.71 bits per heavy atom. The third kappa shape index (κ3) is 4.38. The van der Waals surface area contributed by atoms with Crippen molar-refractivity contribution in [3.63, 3.8) is 0 Å². The van der Waals surface area contributed by atoms with Gasteiger partial charge in [0.15, 0.2) is 0 Å². The molecule has 0 bridgehead atoms. The second-order valence-electron chi connectivity index (χ2n) is 4.60. The highest BCUT2D eigenvalue weighted by Gasteiger charge is 2.17. The molecule has 0 radical (unpaired) electrons. The summed E-state index contributed by atoms with van der Waals surface area (Å²) in [6, 6.07) is 4.98. The van der Waals surface area contributed by atoms with Gasteiger partial charge >= 0.3 is 0 Å². The topological polar surface area (TPSA) is 74.8 Å². The van der Waals surface area contributed by atoms with Crippen LogP contribution < -0.4 is 4.72 Å². The van der Waals surface area contributed by atoms with Gasteiger partial charge in [0.25, 0.3) is 0 Å². The summed E-state index contributed by atoms with van der Waals surface area (Å²) in [5, 5.41) is 6.81. The van der Waals surface area contributed by atoms with Crippen LogP contribution in [-0.4, -0.2) is 25.2 Å². The first kappa shape index (κ1) is 16.7. The van der Waals surface area contributed by atoms with Gasteiger partial charge in [-0.2, -0.15) is 5.10 Å². The Balaban J connectivity index is 1.94. The van der Waals surface area contributed by atoms with Gasteiger partial charge in [-0.3, -0.25) is 5.10 Å². The summed E-state index contributed by atoms with van der Waals surface area (Å²) in [6.07, 6.45) is 3.27. The lowest BCUT2D eigenvalue weighted by atomic mass is 10.1. The SMILES string of the molecule is Cc1[nH]ncc1CCCNS(=O)(=O)c1ccc(Br)cc1Br. The van der Waals surface area contributed by atoms with Gasteiger partial charge in [0.2, 0.25) is 10.0 Å². The Hall–Kier alpha value is -0.700. The van der Waals surface area contributed by atoms with Crippen LogP contribution in [0.2, 0.25) is 0 Å². The average molecular weight is 437 g/mol. The average Bonchev–Trinajstić information content (AvgIpc) is 2.80. The molecule has 2 aromatic rings. The Labute approximate surface area is 140 Å². The summed E-state index contributed by atoms with van der Waals surface area (Å²) in [5.74, 6) is 0. The van der Waals surface area contributed by atoms with Crippen LogP contribution >= 0.6 is 31.9 Å². The number of aryl methyl sites for hydroxylation is 2. The number of halogens is 2. The van der Waals surface area contributed by atoms with Gasteiger partial charge in [-0.1, -0.05) is 15.9 Å². The lowest BCUT2D eigenvalue weighted by Crippen LogP contribution is -2.25. The minimum absolute atomic E-state index is 0.241. The largest absolute Gasteiger partial charge is 0.283 e. The molecule has 0 aliphatic rings. The van der Waals surface area contributed by atoms with Gasteiger partial charge in [0.05, 0.1) is 11.1 Å². The van der Waals surface area contributed by atoms with E-state index >= 15 is 0 Å². The molecule has 1 aromatic heterocycles. The third-order valence-corrected chi connectivity index (χ3v) is 5.96. The number of hydrogen-bond acceptors (Lipinski definition) is 3. The lowest BCUT2D eigenvalue weighted by Gasteiger charge is -2.08. The van der Waals surface area contributed by atoms with Crippen molar-refractivity contribution in [1.29, 1.82) is 0 Å². The van der Waals surface area contributed by atoms with Gasteiger partial charge in [-0.05, 0) is 59.5 Å². The highest BCUT2D eigenvalue weighted by Crippen LogP contribution is 2.25.